The van der Waals surface area contributed by atoms with Gasteiger partial charge in [0.25, 0.3) is 0 Å². The molecule has 0 atom stereocenters. The highest BCUT2D eigenvalue weighted by atomic mass is 35.5. The van der Waals surface area contributed by atoms with Crippen molar-refractivity contribution in [1.29, 1.82) is 0 Å². The quantitative estimate of drug-likeness (QED) is 0.135. The maximum absolute atomic E-state index is 12.5. The second-order valence-corrected chi connectivity index (χ2v) is 9.00. The molecule has 1 amide bonds. The van der Waals surface area contributed by atoms with Gasteiger partial charge in [-0.15, -0.1) is 6.58 Å². The lowest BCUT2D eigenvalue weighted by atomic mass is 10.1. The monoisotopic (exact) mass is 542 g/mol. The summed E-state index contributed by atoms with van der Waals surface area (Å²) in [4.78, 5) is 12.5. The average molecular weight is 544 g/mol. The summed E-state index contributed by atoms with van der Waals surface area (Å²) in [5.41, 5.74) is 5.34. The number of nitrogens with one attached hydrogen (secondary N) is 1. The largest absolute Gasteiger partial charge is 0.493 e. The van der Waals surface area contributed by atoms with Gasteiger partial charge in [-0.1, -0.05) is 46.9 Å². The Hall–Kier alpha value is -3.45. The molecule has 184 valence electrons. The fourth-order valence-electron chi connectivity index (χ4n) is 3.52. The van der Waals surface area contributed by atoms with Gasteiger partial charge < -0.3 is 13.9 Å². The zero-order valence-electron chi connectivity index (χ0n) is 19.2. The Bertz CT molecular complexity index is 1460. The zero-order chi connectivity index (χ0) is 25.7. The molecule has 3 aromatic carbocycles. The lowest BCUT2D eigenvalue weighted by molar-refractivity contribution is 0.0929. The smallest absolute Gasteiger partial charge is 0.307 e. The summed E-state index contributed by atoms with van der Waals surface area (Å²) in [6.07, 6.45) is 3.79. The highest BCUT2D eigenvalue weighted by Gasteiger charge is 2.15. The molecule has 0 saturated heterocycles. The zero-order valence-corrected chi connectivity index (χ0v) is 21.5. The number of fused-ring (bicyclic) bond motifs is 1. The first-order chi connectivity index (χ1) is 17.4. The molecular weight excluding hydrogens is 523 g/mol. The van der Waals surface area contributed by atoms with E-state index < -0.39 is 5.91 Å². The molecule has 0 radical (unpaired) electrons. The van der Waals surface area contributed by atoms with Crippen LogP contribution in [0, 0.1) is 0 Å². The molecule has 0 aliphatic rings. The molecule has 4 aromatic rings. The number of nitrogens with zero attached hydrogens (tertiary/aromatic N) is 1. The lowest BCUT2D eigenvalue weighted by Gasteiger charge is -2.16. The highest BCUT2D eigenvalue weighted by Crippen LogP contribution is 2.34. The molecule has 1 aromatic heterocycles. The molecule has 36 heavy (non-hydrogen) atoms. The SMILES string of the molecule is C=CCc1cc(/C=N/NC(=O)c2cc3cc(Cl)ccc3o2)cc(OC)c1OCc1ccc(Cl)cc1Cl. The molecule has 0 saturated carbocycles. The maximum Gasteiger partial charge on any atom is 0.307 e. The number of benzene rings is 3. The predicted molar refractivity (Wildman–Crippen MR) is 144 cm³/mol. The van der Waals surface area contributed by atoms with Crippen molar-refractivity contribution in [3.63, 3.8) is 0 Å². The van der Waals surface area contributed by atoms with Crippen LogP contribution in [-0.2, 0) is 13.0 Å². The van der Waals surface area contributed by atoms with E-state index in [1.54, 1.807) is 55.7 Å². The van der Waals surface area contributed by atoms with Gasteiger partial charge in [-0.25, -0.2) is 5.43 Å². The lowest BCUT2D eigenvalue weighted by Crippen LogP contribution is -2.16. The first-order valence-electron chi connectivity index (χ1n) is 10.8. The van der Waals surface area contributed by atoms with Crippen molar-refractivity contribution in [2.24, 2.45) is 5.10 Å². The summed E-state index contributed by atoms with van der Waals surface area (Å²) in [5, 5.41) is 6.41. The molecule has 0 spiro atoms. The molecule has 6 nitrogen and oxygen atoms in total. The van der Waals surface area contributed by atoms with Crippen LogP contribution in [0.4, 0.5) is 0 Å². The van der Waals surface area contributed by atoms with E-state index in [0.29, 0.717) is 44.1 Å². The van der Waals surface area contributed by atoms with E-state index >= 15 is 0 Å². The number of carbonyl (C=O) groups is 1. The van der Waals surface area contributed by atoms with Crippen LogP contribution in [0.5, 0.6) is 11.5 Å². The Kier molecular flexibility index (Phi) is 8.21. The minimum atomic E-state index is -0.489. The van der Waals surface area contributed by atoms with Gasteiger partial charge in [0.15, 0.2) is 17.3 Å². The van der Waals surface area contributed by atoms with Crippen molar-refractivity contribution < 1.29 is 18.7 Å². The molecule has 9 heteroatoms. The Morgan fingerprint density at radius 3 is 2.58 bits per heavy atom. The molecule has 0 aliphatic heterocycles. The number of ether oxygens (including phenoxy) is 2. The fraction of sp³-hybridized carbons (Fsp3) is 0.111. The van der Waals surface area contributed by atoms with Crippen LogP contribution in [0.1, 0.15) is 27.2 Å². The second kappa shape index (κ2) is 11.5. The summed E-state index contributed by atoms with van der Waals surface area (Å²) in [7, 11) is 1.55. The number of hydrogen-bond donors (Lipinski definition) is 1. The normalized spacial score (nSPS) is 11.1. The number of halogens is 3. The number of allylic oxidation sites excluding steroid dienone is 1. The van der Waals surface area contributed by atoms with E-state index in [1.165, 1.54) is 6.21 Å². The summed E-state index contributed by atoms with van der Waals surface area (Å²) < 4.78 is 17.2. The van der Waals surface area contributed by atoms with Crippen LogP contribution < -0.4 is 14.9 Å². The Morgan fingerprint density at radius 1 is 1.06 bits per heavy atom. The molecule has 0 unspecified atom stereocenters. The Morgan fingerprint density at radius 2 is 1.83 bits per heavy atom. The van der Waals surface area contributed by atoms with E-state index in [0.717, 1.165) is 16.5 Å². The van der Waals surface area contributed by atoms with Crippen LogP contribution in [0.2, 0.25) is 15.1 Å². The van der Waals surface area contributed by atoms with E-state index in [4.69, 9.17) is 48.7 Å². The first-order valence-corrected chi connectivity index (χ1v) is 11.9. The van der Waals surface area contributed by atoms with Crippen molar-refractivity contribution in [1.82, 2.24) is 5.43 Å². The van der Waals surface area contributed by atoms with Crippen LogP contribution in [0.25, 0.3) is 11.0 Å². The second-order valence-electron chi connectivity index (χ2n) is 7.72. The van der Waals surface area contributed by atoms with Gasteiger partial charge >= 0.3 is 5.91 Å². The predicted octanol–water partition coefficient (Wildman–Crippen LogP) is 7.47. The average Bonchev–Trinajstić information content (AvgIpc) is 3.27. The Labute approximate surface area is 223 Å². The molecule has 0 bridgehead atoms. The van der Waals surface area contributed by atoms with Gasteiger partial charge in [0.2, 0.25) is 0 Å². The van der Waals surface area contributed by atoms with E-state index in [2.05, 4.69) is 17.1 Å². The van der Waals surface area contributed by atoms with Gasteiger partial charge in [0, 0.05) is 31.6 Å². The van der Waals surface area contributed by atoms with E-state index in [9.17, 15) is 4.79 Å². The maximum atomic E-state index is 12.5. The molecule has 0 fully saturated rings. The van der Waals surface area contributed by atoms with E-state index in [1.807, 2.05) is 12.1 Å². The molecule has 0 aliphatic carbocycles. The van der Waals surface area contributed by atoms with Crippen molar-refractivity contribution in [3.05, 3.63) is 105 Å². The Balaban J connectivity index is 1.51. The number of methoxy groups -OCH3 is 1. The number of hydrazone groups is 1. The van der Waals surface area contributed by atoms with Gasteiger partial charge in [-0.2, -0.15) is 5.10 Å². The van der Waals surface area contributed by atoms with Crippen molar-refractivity contribution >= 4 is 57.9 Å². The summed E-state index contributed by atoms with van der Waals surface area (Å²) in [5.74, 6) is 0.697. The highest BCUT2D eigenvalue weighted by molar-refractivity contribution is 6.35. The number of amides is 1. The number of carbonyl (C=O) groups excluding carboxylic acids is 1. The van der Waals surface area contributed by atoms with Gasteiger partial charge in [0.1, 0.15) is 12.2 Å². The summed E-state index contributed by atoms with van der Waals surface area (Å²) >= 11 is 18.2. The molecule has 1 N–H and O–H groups in total. The van der Waals surface area contributed by atoms with Gasteiger partial charge in [-0.3, -0.25) is 4.79 Å². The summed E-state index contributed by atoms with van der Waals surface area (Å²) in [6, 6.07) is 15.6. The minimum Gasteiger partial charge on any atom is -0.493 e. The summed E-state index contributed by atoms with van der Waals surface area (Å²) in [6.45, 7) is 4.05. The van der Waals surface area contributed by atoms with E-state index in [-0.39, 0.29) is 12.4 Å². The van der Waals surface area contributed by atoms with Crippen LogP contribution in [0.3, 0.4) is 0 Å². The molecular formula is C27H21Cl3N2O4. The van der Waals surface area contributed by atoms with Gasteiger partial charge in [0.05, 0.1) is 13.3 Å². The minimum absolute atomic E-state index is 0.124. The van der Waals surface area contributed by atoms with Crippen LogP contribution in [-0.4, -0.2) is 19.2 Å². The third-order valence-electron chi connectivity index (χ3n) is 5.21. The van der Waals surface area contributed by atoms with Gasteiger partial charge in [-0.05, 0) is 60.5 Å². The third kappa shape index (κ3) is 6.02. The number of hydrogen-bond acceptors (Lipinski definition) is 5. The van der Waals surface area contributed by atoms with Crippen LogP contribution >= 0.6 is 34.8 Å². The van der Waals surface area contributed by atoms with Crippen molar-refractivity contribution in [2.75, 3.05) is 7.11 Å². The topological polar surface area (TPSA) is 73.1 Å². The van der Waals surface area contributed by atoms with Crippen LogP contribution in [0.15, 0.2) is 76.8 Å². The number of furan rings is 1. The first kappa shape index (κ1) is 25.6. The number of rotatable bonds is 9. The molecule has 4 rings (SSSR count). The van der Waals surface area contributed by atoms with Crippen molar-refractivity contribution in [3.8, 4) is 11.5 Å². The molecule has 1 heterocycles. The standard InChI is InChI=1S/C27H21Cl3N2O4/c1-3-4-17-9-16(10-24(34-2)26(17)35-15-18-5-6-21(29)13-22(18)30)14-31-32-27(33)25-12-19-11-20(28)7-8-23(19)36-25/h3,5-14H,1,4,15H2,2H3,(H,32,33)/b31-14+. The fourth-order valence-corrected chi connectivity index (χ4v) is 4.16. The third-order valence-corrected chi connectivity index (χ3v) is 6.03. The van der Waals surface area contributed by atoms with Crippen molar-refractivity contribution in [2.45, 2.75) is 13.0 Å².